The molecule has 2 N–H and O–H groups in total. The molecule has 22 heavy (non-hydrogen) atoms. The van der Waals surface area contributed by atoms with E-state index in [9.17, 15) is 17.6 Å². The summed E-state index contributed by atoms with van der Waals surface area (Å²) < 4.78 is 52.6. The topological polar surface area (TPSA) is 33.3 Å². The van der Waals surface area contributed by atoms with Gasteiger partial charge >= 0.3 is 6.36 Å². The molecular weight excluding hydrogens is 320 g/mol. The van der Waals surface area contributed by atoms with Gasteiger partial charge in [-0.15, -0.1) is 13.2 Å². The minimum Gasteiger partial charge on any atom is -0.406 e. The number of ether oxygens (including phenoxy) is 1. The van der Waals surface area contributed by atoms with Crippen molar-refractivity contribution in [2.75, 3.05) is 10.6 Å². The van der Waals surface area contributed by atoms with Crippen LogP contribution >= 0.6 is 12.2 Å². The first kappa shape index (κ1) is 16.0. The number of thiocarbonyl (C=S) groups is 1. The first-order chi connectivity index (χ1) is 10.3. The molecule has 0 fully saturated rings. The Kier molecular flexibility index (Phi) is 4.81. The predicted octanol–water partition coefficient (Wildman–Crippen LogP) is 4.53. The van der Waals surface area contributed by atoms with Crippen molar-refractivity contribution in [3.05, 3.63) is 54.3 Å². The molecule has 0 heterocycles. The highest BCUT2D eigenvalue weighted by atomic mass is 32.1. The number of hydrogen-bond donors (Lipinski definition) is 2. The molecule has 0 saturated heterocycles. The van der Waals surface area contributed by atoms with Gasteiger partial charge in [0.2, 0.25) is 0 Å². The maximum absolute atomic E-state index is 12.8. The molecule has 2 aromatic rings. The van der Waals surface area contributed by atoms with Crippen molar-refractivity contribution in [1.29, 1.82) is 0 Å². The normalized spacial score (nSPS) is 10.9. The van der Waals surface area contributed by atoms with Crippen molar-refractivity contribution < 1.29 is 22.3 Å². The number of nitrogens with one attached hydrogen (secondary N) is 2. The van der Waals surface area contributed by atoms with Crippen LogP contribution in [-0.2, 0) is 0 Å². The first-order valence-electron chi connectivity index (χ1n) is 6.01. The van der Waals surface area contributed by atoms with E-state index in [-0.39, 0.29) is 16.7 Å². The van der Waals surface area contributed by atoms with Crippen LogP contribution in [0.25, 0.3) is 0 Å². The molecule has 0 spiro atoms. The molecule has 0 aliphatic heterocycles. The second-order valence-electron chi connectivity index (χ2n) is 4.16. The summed E-state index contributed by atoms with van der Waals surface area (Å²) in [6.45, 7) is 0. The average Bonchev–Trinajstić information content (AvgIpc) is 2.42. The summed E-state index contributed by atoms with van der Waals surface area (Å²) in [6.07, 6.45) is -4.73. The van der Waals surface area contributed by atoms with Crippen molar-refractivity contribution in [2.24, 2.45) is 0 Å². The highest BCUT2D eigenvalue weighted by molar-refractivity contribution is 7.80. The quantitative estimate of drug-likeness (QED) is 0.640. The van der Waals surface area contributed by atoms with Gasteiger partial charge in [0.1, 0.15) is 11.6 Å². The molecule has 0 saturated carbocycles. The Balaban J connectivity index is 1.93. The Morgan fingerprint density at radius 3 is 1.77 bits per heavy atom. The van der Waals surface area contributed by atoms with E-state index in [1.165, 1.54) is 36.4 Å². The molecule has 3 nitrogen and oxygen atoms in total. The minimum atomic E-state index is -4.73. The predicted molar refractivity (Wildman–Crippen MR) is 79.4 cm³/mol. The van der Waals surface area contributed by atoms with Crippen LogP contribution < -0.4 is 15.4 Å². The van der Waals surface area contributed by atoms with Crippen LogP contribution in [0.15, 0.2) is 48.5 Å². The van der Waals surface area contributed by atoms with E-state index in [4.69, 9.17) is 12.2 Å². The third kappa shape index (κ3) is 5.21. The number of anilines is 2. The zero-order valence-corrected chi connectivity index (χ0v) is 11.8. The van der Waals surface area contributed by atoms with Gasteiger partial charge in [-0.25, -0.2) is 4.39 Å². The molecule has 0 bridgehead atoms. The lowest BCUT2D eigenvalue weighted by molar-refractivity contribution is -0.274. The van der Waals surface area contributed by atoms with E-state index < -0.39 is 6.36 Å². The standard InChI is InChI=1S/C14H10F4N2OS/c15-9-1-3-10(4-2-9)19-13(22)20-11-5-7-12(8-6-11)21-14(16,17)18/h1-8H,(H2,19,20,22). The summed E-state index contributed by atoms with van der Waals surface area (Å²) in [5, 5.41) is 5.82. The number of halogens is 4. The van der Waals surface area contributed by atoms with E-state index in [1.807, 2.05) is 0 Å². The Morgan fingerprint density at radius 2 is 1.32 bits per heavy atom. The summed E-state index contributed by atoms with van der Waals surface area (Å²) >= 11 is 5.04. The van der Waals surface area contributed by atoms with Crippen molar-refractivity contribution in [3.63, 3.8) is 0 Å². The van der Waals surface area contributed by atoms with Gasteiger partial charge in [0, 0.05) is 11.4 Å². The first-order valence-corrected chi connectivity index (χ1v) is 6.42. The van der Waals surface area contributed by atoms with Gasteiger partial charge in [-0.3, -0.25) is 0 Å². The van der Waals surface area contributed by atoms with Crippen LogP contribution in [0.2, 0.25) is 0 Å². The molecule has 0 aliphatic rings. The van der Waals surface area contributed by atoms with Crippen LogP contribution in [0.1, 0.15) is 0 Å². The molecule has 0 unspecified atom stereocenters. The van der Waals surface area contributed by atoms with Gasteiger partial charge in [-0.2, -0.15) is 0 Å². The third-order valence-electron chi connectivity index (χ3n) is 2.45. The molecule has 2 rings (SSSR count). The maximum atomic E-state index is 12.8. The van der Waals surface area contributed by atoms with E-state index in [0.717, 1.165) is 12.1 Å². The Hall–Kier alpha value is -2.35. The fraction of sp³-hybridized carbons (Fsp3) is 0.0714. The van der Waals surface area contributed by atoms with E-state index in [1.54, 1.807) is 0 Å². The zero-order valence-electron chi connectivity index (χ0n) is 10.9. The number of hydrogen-bond acceptors (Lipinski definition) is 2. The number of benzene rings is 2. The van der Waals surface area contributed by atoms with E-state index >= 15 is 0 Å². The van der Waals surface area contributed by atoms with E-state index in [2.05, 4.69) is 15.4 Å². The molecular formula is C14H10F4N2OS. The molecule has 0 aliphatic carbocycles. The molecule has 0 atom stereocenters. The van der Waals surface area contributed by atoms with Crippen molar-refractivity contribution in [1.82, 2.24) is 0 Å². The largest absolute Gasteiger partial charge is 0.573 e. The summed E-state index contributed by atoms with van der Waals surface area (Å²) in [6, 6.07) is 10.7. The van der Waals surface area contributed by atoms with Crippen molar-refractivity contribution in [3.8, 4) is 5.75 Å². The smallest absolute Gasteiger partial charge is 0.406 e. The van der Waals surface area contributed by atoms with Crippen LogP contribution in [0.5, 0.6) is 5.75 Å². The van der Waals surface area contributed by atoms with Gasteiger partial charge in [0.25, 0.3) is 0 Å². The lowest BCUT2D eigenvalue weighted by Crippen LogP contribution is -2.19. The highest BCUT2D eigenvalue weighted by Crippen LogP contribution is 2.24. The van der Waals surface area contributed by atoms with Crippen LogP contribution in [0, 0.1) is 5.82 Å². The summed E-state index contributed by atoms with van der Waals surface area (Å²) in [7, 11) is 0. The van der Waals surface area contributed by atoms with Crippen LogP contribution in [-0.4, -0.2) is 11.5 Å². The third-order valence-corrected chi connectivity index (χ3v) is 2.65. The SMILES string of the molecule is Fc1ccc(NC(=S)Nc2ccc(OC(F)(F)F)cc2)cc1. The Morgan fingerprint density at radius 1 is 0.864 bits per heavy atom. The van der Waals surface area contributed by atoms with Gasteiger partial charge < -0.3 is 15.4 Å². The number of rotatable bonds is 3. The lowest BCUT2D eigenvalue weighted by atomic mass is 10.3. The van der Waals surface area contributed by atoms with Crippen molar-refractivity contribution >= 4 is 28.7 Å². The van der Waals surface area contributed by atoms with Crippen LogP contribution in [0.4, 0.5) is 28.9 Å². The average molecular weight is 330 g/mol. The van der Waals surface area contributed by atoms with Gasteiger partial charge in [-0.1, -0.05) is 0 Å². The fourth-order valence-electron chi connectivity index (χ4n) is 1.57. The monoisotopic (exact) mass is 330 g/mol. The van der Waals surface area contributed by atoms with Crippen LogP contribution in [0.3, 0.4) is 0 Å². The maximum Gasteiger partial charge on any atom is 0.573 e. The van der Waals surface area contributed by atoms with Gasteiger partial charge in [0.05, 0.1) is 0 Å². The Labute approximate surface area is 128 Å². The minimum absolute atomic E-state index is 0.219. The molecule has 2 aromatic carbocycles. The molecule has 8 heteroatoms. The number of alkyl halides is 3. The molecule has 0 aromatic heterocycles. The highest BCUT2D eigenvalue weighted by Gasteiger charge is 2.30. The Bertz CT molecular complexity index is 641. The second kappa shape index (κ2) is 6.61. The van der Waals surface area contributed by atoms with Gasteiger partial charge in [-0.05, 0) is 60.7 Å². The summed E-state index contributed by atoms with van der Waals surface area (Å²) in [5.74, 6) is -0.694. The summed E-state index contributed by atoms with van der Waals surface area (Å²) in [4.78, 5) is 0. The zero-order chi connectivity index (χ0) is 16.2. The van der Waals surface area contributed by atoms with Crippen molar-refractivity contribution in [2.45, 2.75) is 6.36 Å². The fourth-order valence-corrected chi connectivity index (χ4v) is 1.80. The van der Waals surface area contributed by atoms with E-state index in [0.29, 0.717) is 11.4 Å². The lowest BCUT2D eigenvalue weighted by Gasteiger charge is -2.12. The van der Waals surface area contributed by atoms with Gasteiger partial charge in [0.15, 0.2) is 5.11 Å². The molecule has 0 radical (unpaired) electrons. The summed E-state index contributed by atoms with van der Waals surface area (Å²) in [5.41, 5.74) is 1.06. The molecule has 0 amide bonds. The second-order valence-corrected chi connectivity index (χ2v) is 4.57. The molecule has 116 valence electrons.